The summed E-state index contributed by atoms with van der Waals surface area (Å²) in [4.78, 5) is 35.8. The van der Waals surface area contributed by atoms with Crippen LogP contribution in [-0.2, 0) is 23.8 Å². The third kappa shape index (κ3) is 6.26. The summed E-state index contributed by atoms with van der Waals surface area (Å²) in [6.07, 6.45) is 1.17. The van der Waals surface area contributed by atoms with E-state index in [9.17, 15) is 22.8 Å². The van der Waals surface area contributed by atoms with E-state index < -0.39 is 17.8 Å². The molecule has 1 N–H and O–H groups in total. The number of anilines is 1. The van der Waals surface area contributed by atoms with E-state index in [1.807, 2.05) is 43.3 Å². The standard InChI is InChI=1S/C32H29F3N6O2S/c1-20(17-36-30(43)38-31-41(28(42)18-44-31)27-8-4-6-22-5-2-3-7-26(22)27)21-9-11-23(12-10-21)29-37-19-40(39-29)25-15-13-24(14-16-25)32(33,34)35/h4,6,8-16,19-20H,2-3,5,7,17-18H2,1H3,(H,36,43). The molecule has 4 aromatic rings. The van der Waals surface area contributed by atoms with Crippen LogP contribution in [0.5, 0.6) is 0 Å². The van der Waals surface area contributed by atoms with Crippen molar-refractivity contribution in [3.05, 3.63) is 95.3 Å². The highest BCUT2D eigenvalue weighted by molar-refractivity contribution is 8.15. The minimum Gasteiger partial charge on any atom is -0.336 e. The molecule has 1 aliphatic heterocycles. The number of nitrogens with zero attached hydrogens (tertiary/aromatic N) is 5. The molecule has 6 rings (SSSR count). The van der Waals surface area contributed by atoms with Crippen LogP contribution in [0.4, 0.5) is 23.7 Å². The molecule has 12 heteroatoms. The van der Waals surface area contributed by atoms with E-state index in [-0.39, 0.29) is 17.6 Å². The third-order valence-electron chi connectivity index (χ3n) is 7.82. The second kappa shape index (κ2) is 12.3. The zero-order valence-corrected chi connectivity index (χ0v) is 24.7. The molecular weight excluding hydrogens is 589 g/mol. The monoisotopic (exact) mass is 618 g/mol. The van der Waals surface area contributed by atoms with Crippen LogP contribution in [-0.4, -0.2) is 44.2 Å². The van der Waals surface area contributed by atoms with Crippen molar-refractivity contribution in [2.75, 3.05) is 17.2 Å². The van der Waals surface area contributed by atoms with E-state index in [0.29, 0.717) is 23.2 Å². The van der Waals surface area contributed by atoms with Crippen LogP contribution in [0, 0.1) is 0 Å². The normalized spacial score (nSPS) is 16.7. The number of carbonyl (C=O) groups is 2. The number of amides is 3. The van der Waals surface area contributed by atoms with Gasteiger partial charge in [-0.15, -0.1) is 5.10 Å². The minimum absolute atomic E-state index is 0.0269. The maximum Gasteiger partial charge on any atom is 0.416 e. The molecule has 8 nitrogen and oxygen atoms in total. The van der Waals surface area contributed by atoms with Gasteiger partial charge in [0.1, 0.15) is 6.33 Å². The lowest BCUT2D eigenvalue weighted by Gasteiger charge is -2.24. The van der Waals surface area contributed by atoms with E-state index >= 15 is 0 Å². The quantitative estimate of drug-likeness (QED) is 0.257. The van der Waals surface area contributed by atoms with Crippen LogP contribution < -0.4 is 10.2 Å². The van der Waals surface area contributed by atoms with Gasteiger partial charge in [0.05, 0.1) is 22.7 Å². The van der Waals surface area contributed by atoms with Gasteiger partial charge < -0.3 is 5.32 Å². The number of urea groups is 1. The molecule has 3 amide bonds. The van der Waals surface area contributed by atoms with Crippen molar-refractivity contribution in [1.82, 2.24) is 20.1 Å². The highest BCUT2D eigenvalue weighted by atomic mass is 32.2. The summed E-state index contributed by atoms with van der Waals surface area (Å²) < 4.78 is 40.0. The van der Waals surface area contributed by atoms with Crippen molar-refractivity contribution in [2.45, 2.75) is 44.7 Å². The SMILES string of the molecule is CC(CNC(=O)N=C1SCC(=O)N1c1cccc2c1CCCC2)c1ccc(-c2ncn(-c3ccc(C(F)(F)F)cc3)n2)cc1. The van der Waals surface area contributed by atoms with Gasteiger partial charge in [0.2, 0.25) is 5.91 Å². The Morgan fingerprint density at radius 2 is 1.80 bits per heavy atom. The number of aryl methyl sites for hydroxylation is 1. The molecule has 1 aliphatic carbocycles. The van der Waals surface area contributed by atoms with E-state index in [0.717, 1.165) is 54.6 Å². The molecule has 1 fully saturated rings. The summed E-state index contributed by atoms with van der Waals surface area (Å²) in [5.74, 6) is 0.574. The molecule has 2 aliphatic rings. The van der Waals surface area contributed by atoms with Gasteiger partial charge in [0.25, 0.3) is 0 Å². The maximum atomic E-state index is 12.9. The number of alkyl halides is 3. The Morgan fingerprint density at radius 1 is 1.05 bits per heavy atom. The first-order valence-electron chi connectivity index (χ1n) is 14.3. The molecule has 0 radical (unpaired) electrons. The molecule has 44 heavy (non-hydrogen) atoms. The summed E-state index contributed by atoms with van der Waals surface area (Å²) in [5, 5.41) is 7.66. The molecular formula is C32H29F3N6O2S. The van der Waals surface area contributed by atoms with Gasteiger partial charge in [-0.2, -0.15) is 18.2 Å². The average Bonchev–Trinajstić information content (AvgIpc) is 3.66. The van der Waals surface area contributed by atoms with Crippen LogP contribution in [0.15, 0.2) is 78.0 Å². The summed E-state index contributed by atoms with van der Waals surface area (Å²) in [5.41, 5.74) is 4.71. The van der Waals surface area contributed by atoms with Gasteiger partial charge in [-0.1, -0.05) is 55.1 Å². The number of halogens is 3. The predicted octanol–water partition coefficient (Wildman–Crippen LogP) is 6.78. The number of hydrogen-bond acceptors (Lipinski definition) is 5. The van der Waals surface area contributed by atoms with Gasteiger partial charge in [0, 0.05) is 12.1 Å². The van der Waals surface area contributed by atoms with E-state index in [1.54, 1.807) is 4.90 Å². The van der Waals surface area contributed by atoms with Crippen molar-refractivity contribution >= 4 is 34.6 Å². The topological polar surface area (TPSA) is 92.5 Å². The minimum atomic E-state index is -4.40. The van der Waals surface area contributed by atoms with Crippen LogP contribution in [0.1, 0.15) is 47.9 Å². The van der Waals surface area contributed by atoms with Gasteiger partial charge in [-0.25, -0.2) is 14.5 Å². The number of carbonyl (C=O) groups excluding carboxylic acids is 2. The molecule has 1 atom stereocenters. The van der Waals surface area contributed by atoms with Gasteiger partial charge in [0.15, 0.2) is 11.0 Å². The first kappa shape index (κ1) is 29.6. The molecule has 1 aromatic heterocycles. The van der Waals surface area contributed by atoms with Gasteiger partial charge >= 0.3 is 12.2 Å². The van der Waals surface area contributed by atoms with Crippen molar-refractivity contribution in [3.8, 4) is 17.1 Å². The van der Waals surface area contributed by atoms with E-state index in [1.165, 1.54) is 46.0 Å². The summed E-state index contributed by atoms with van der Waals surface area (Å²) >= 11 is 1.27. The molecule has 0 saturated carbocycles. The highest BCUT2D eigenvalue weighted by Gasteiger charge is 2.33. The molecule has 3 aromatic carbocycles. The zero-order chi connectivity index (χ0) is 30.8. The Hall–Kier alpha value is -4.45. The second-order valence-electron chi connectivity index (χ2n) is 10.8. The Bertz CT molecular complexity index is 1720. The van der Waals surface area contributed by atoms with Crippen molar-refractivity contribution < 1.29 is 22.8 Å². The number of aromatic nitrogens is 3. The first-order valence-corrected chi connectivity index (χ1v) is 15.3. The second-order valence-corrected chi connectivity index (χ2v) is 11.7. The summed E-state index contributed by atoms with van der Waals surface area (Å²) in [6.45, 7) is 2.32. The number of fused-ring (bicyclic) bond motifs is 1. The maximum absolute atomic E-state index is 12.9. The predicted molar refractivity (Wildman–Crippen MR) is 164 cm³/mol. The molecule has 1 unspecified atom stereocenters. The first-order chi connectivity index (χ1) is 21.2. The number of nitrogens with one attached hydrogen (secondary N) is 1. The zero-order valence-electron chi connectivity index (χ0n) is 23.8. The fourth-order valence-electron chi connectivity index (χ4n) is 5.42. The fraction of sp³-hybridized carbons (Fsp3) is 0.281. The number of amidine groups is 1. The highest BCUT2D eigenvalue weighted by Crippen LogP contribution is 2.35. The van der Waals surface area contributed by atoms with E-state index in [2.05, 4.69) is 26.5 Å². The van der Waals surface area contributed by atoms with E-state index in [4.69, 9.17) is 0 Å². The molecule has 2 heterocycles. The Labute approximate surface area is 256 Å². The molecule has 1 saturated heterocycles. The molecule has 226 valence electrons. The largest absolute Gasteiger partial charge is 0.416 e. The Kier molecular flexibility index (Phi) is 8.26. The average molecular weight is 619 g/mol. The van der Waals surface area contributed by atoms with Gasteiger partial charge in [-0.05, 0) is 78.6 Å². The lowest BCUT2D eigenvalue weighted by atomic mass is 9.90. The van der Waals surface area contributed by atoms with Crippen LogP contribution in [0.2, 0.25) is 0 Å². The van der Waals surface area contributed by atoms with Crippen LogP contribution in [0.25, 0.3) is 17.1 Å². The summed E-state index contributed by atoms with van der Waals surface area (Å²) in [7, 11) is 0. The summed E-state index contributed by atoms with van der Waals surface area (Å²) in [6, 6.07) is 17.8. The van der Waals surface area contributed by atoms with Crippen LogP contribution in [0.3, 0.4) is 0 Å². The number of hydrogen-bond donors (Lipinski definition) is 1. The molecule has 0 spiro atoms. The van der Waals surface area contributed by atoms with Crippen LogP contribution >= 0.6 is 11.8 Å². The lowest BCUT2D eigenvalue weighted by Crippen LogP contribution is -2.33. The smallest absolute Gasteiger partial charge is 0.336 e. The molecule has 0 bridgehead atoms. The number of aliphatic imine (C=N–C) groups is 1. The Balaban J connectivity index is 1.08. The third-order valence-corrected chi connectivity index (χ3v) is 8.75. The van der Waals surface area contributed by atoms with Crippen molar-refractivity contribution in [1.29, 1.82) is 0 Å². The van der Waals surface area contributed by atoms with Crippen molar-refractivity contribution in [3.63, 3.8) is 0 Å². The number of benzene rings is 3. The number of thioether (sulfide) groups is 1. The van der Waals surface area contributed by atoms with Crippen molar-refractivity contribution in [2.24, 2.45) is 4.99 Å². The number of rotatable bonds is 6. The lowest BCUT2D eigenvalue weighted by molar-refractivity contribution is -0.137. The fourth-order valence-corrected chi connectivity index (χ4v) is 6.28. The van der Waals surface area contributed by atoms with Gasteiger partial charge in [-0.3, -0.25) is 9.69 Å². The Morgan fingerprint density at radius 3 is 2.55 bits per heavy atom.